The lowest BCUT2D eigenvalue weighted by atomic mass is 9.81. The Labute approximate surface area is 144 Å². The minimum atomic E-state index is 0.0857. The normalized spacial score (nSPS) is 12.0. The number of rotatable bonds is 5. The number of unbranched alkanes of at least 4 members (excludes halogenated alkanes) is 1. The van der Waals surface area contributed by atoms with E-state index in [1.807, 2.05) is 13.8 Å². The molecule has 0 aliphatic heterocycles. The summed E-state index contributed by atoms with van der Waals surface area (Å²) in [4.78, 5) is 4.67. The summed E-state index contributed by atoms with van der Waals surface area (Å²) < 4.78 is 0. The first-order valence-electron chi connectivity index (χ1n) is 9.07. The SMILES string of the molecule is CC.CCCCN=C(C)Cc1c(C)cc(C(C)(C)C)c(N)c1C. The Morgan fingerprint density at radius 1 is 1.17 bits per heavy atom. The molecule has 23 heavy (non-hydrogen) atoms. The van der Waals surface area contributed by atoms with Crippen molar-refractivity contribution < 1.29 is 0 Å². The zero-order chi connectivity index (χ0) is 18.2. The van der Waals surface area contributed by atoms with Crippen molar-refractivity contribution in [2.75, 3.05) is 12.3 Å². The molecule has 0 radical (unpaired) electrons. The molecule has 0 unspecified atom stereocenters. The van der Waals surface area contributed by atoms with Crippen LogP contribution in [0.3, 0.4) is 0 Å². The Balaban J connectivity index is 0.00000232. The van der Waals surface area contributed by atoms with E-state index in [0.717, 1.165) is 18.7 Å². The van der Waals surface area contributed by atoms with Gasteiger partial charge in [-0.05, 0) is 54.9 Å². The van der Waals surface area contributed by atoms with Crippen molar-refractivity contribution in [3.8, 4) is 0 Å². The predicted octanol–water partition coefficient (Wildman–Crippen LogP) is 6.01. The quantitative estimate of drug-likeness (QED) is 0.403. The van der Waals surface area contributed by atoms with Gasteiger partial charge in [0, 0.05) is 24.4 Å². The van der Waals surface area contributed by atoms with E-state index in [2.05, 4.69) is 59.5 Å². The maximum absolute atomic E-state index is 6.40. The predicted molar refractivity (Wildman–Crippen MR) is 107 cm³/mol. The lowest BCUT2D eigenvalue weighted by Crippen LogP contribution is -2.17. The number of benzene rings is 1. The van der Waals surface area contributed by atoms with Gasteiger partial charge in [0.2, 0.25) is 0 Å². The van der Waals surface area contributed by atoms with Crippen molar-refractivity contribution in [3.63, 3.8) is 0 Å². The summed E-state index contributed by atoms with van der Waals surface area (Å²) in [5.74, 6) is 0. The van der Waals surface area contributed by atoms with Gasteiger partial charge in [-0.3, -0.25) is 4.99 Å². The molecule has 0 saturated heterocycles. The molecule has 0 aromatic heterocycles. The Morgan fingerprint density at radius 3 is 2.22 bits per heavy atom. The highest BCUT2D eigenvalue weighted by Gasteiger charge is 2.20. The van der Waals surface area contributed by atoms with E-state index in [4.69, 9.17) is 5.73 Å². The minimum Gasteiger partial charge on any atom is -0.398 e. The molecule has 0 aliphatic rings. The van der Waals surface area contributed by atoms with Gasteiger partial charge in [0.25, 0.3) is 0 Å². The lowest BCUT2D eigenvalue weighted by Gasteiger charge is -2.25. The van der Waals surface area contributed by atoms with E-state index in [1.54, 1.807) is 0 Å². The molecule has 2 N–H and O–H groups in total. The van der Waals surface area contributed by atoms with E-state index in [9.17, 15) is 0 Å². The van der Waals surface area contributed by atoms with Crippen LogP contribution in [0.5, 0.6) is 0 Å². The third kappa shape index (κ3) is 6.37. The number of aliphatic imine (C=N–C) groups is 1. The molecule has 0 saturated carbocycles. The van der Waals surface area contributed by atoms with Crippen molar-refractivity contribution >= 4 is 11.4 Å². The van der Waals surface area contributed by atoms with Crippen LogP contribution in [0.4, 0.5) is 5.69 Å². The van der Waals surface area contributed by atoms with Gasteiger partial charge in [-0.25, -0.2) is 0 Å². The lowest BCUT2D eigenvalue weighted by molar-refractivity contribution is 0.591. The van der Waals surface area contributed by atoms with Gasteiger partial charge in [-0.2, -0.15) is 0 Å². The average Bonchev–Trinajstić information content (AvgIpc) is 2.48. The largest absolute Gasteiger partial charge is 0.398 e. The Morgan fingerprint density at radius 2 is 1.74 bits per heavy atom. The molecule has 0 fully saturated rings. The van der Waals surface area contributed by atoms with Gasteiger partial charge < -0.3 is 5.73 Å². The molecule has 132 valence electrons. The molecule has 2 heteroatoms. The fourth-order valence-corrected chi connectivity index (χ4v) is 2.67. The van der Waals surface area contributed by atoms with Crippen molar-refractivity contribution in [1.82, 2.24) is 0 Å². The van der Waals surface area contributed by atoms with Gasteiger partial charge in [-0.1, -0.05) is 54.0 Å². The number of anilines is 1. The summed E-state index contributed by atoms with van der Waals surface area (Å²) in [7, 11) is 0. The Bertz CT molecular complexity index is 520. The number of nitrogens with two attached hydrogens (primary N) is 1. The number of aryl methyl sites for hydroxylation is 1. The van der Waals surface area contributed by atoms with Crippen LogP contribution in [0.15, 0.2) is 11.1 Å². The molecule has 0 aliphatic carbocycles. The molecule has 0 spiro atoms. The van der Waals surface area contributed by atoms with E-state index in [1.165, 1.54) is 40.8 Å². The average molecular weight is 319 g/mol. The Kier molecular flexibility index (Phi) is 9.19. The monoisotopic (exact) mass is 318 g/mol. The summed E-state index contributed by atoms with van der Waals surface area (Å²) >= 11 is 0. The van der Waals surface area contributed by atoms with Crippen molar-refractivity contribution in [3.05, 3.63) is 28.3 Å². The fourth-order valence-electron chi connectivity index (χ4n) is 2.67. The fraction of sp³-hybridized carbons (Fsp3) is 0.667. The highest BCUT2D eigenvalue weighted by atomic mass is 14.7. The first-order chi connectivity index (χ1) is 10.7. The van der Waals surface area contributed by atoms with Crippen LogP contribution in [-0.4, -0.2) is 12.3 Å². The summed E-state index contributed by atoms with van der Waals surface area (Å²) in [5.41, 5.74) is 13.8. The first kappa shape index (κ1) is 21.7. The molecular formula is C21H38N2. The van der Waals surface area contributed by atoms with Gasteiger partial charge in [0.15, 0.2) is 0 Å². The number of hydrogen-bond donors (Lipinski definition) is 1. The van der Waals surface area contributed by atoms with Gasteiger partial charge in [-0.15, -0.1) is 0 Å². The van der Waals surface area contributed by atoms with E-state index >= 15 is 0 Å². The summed E-state index contributed by atoms with van der Waals surface area (Å²) in [5, 5.41) is 0. The second-order valence-corrected chi connectivity index (χ2v) is 7.16. The standard InChI is InChI=1S/C19H32N2.C2H6/c1-8-9-10-21-14(3)12-16-13(2)11-17(19(5,6)7)18(20)15(16)4;1-2/h11H,8-10,12,20H2,1-7H3;1-2H3. The van der Waals surface area contributed by atoms with Crippen molar-refractivity contribution in [1.29, 1.82) is 0 Å². The van der Waals surface area contributed by atoms with Crippen LogP contribution < -0.4 is 5.73 Å². The van der Waals surface area contributed by atoms with Crippen LogP contribution >= 0.6 is 0 Å². The van der Waals surface area contributed by atoms with Crippen LogP contribution in [-0.2, 0) is 11.8 Å². The zero-order valence-corrected chi connectivity index (χ0v) is 16.9. The maximum Gasteiger partial charge on any atom is 0.0388 e. The summed E-state index contributed by atoms with van der Waals surface area (Å²) in [6.45, 7) is 20.3. The van der Waals surface area contributed by atoms with Gasteiger partial charge in [0.1, 0.15) is 0 Å². The van der Waals surface area contributed by atoms with Crippen molar-refractivity contribution in [2.45, 2.75) is 87.0 Å². The smallest absolute Gasteiger partial charge is 0.0388 e. The number of nitrogens with zero attached hydrogens (tertiary/aromatic N) is 1. The molecule has 0 bridgehead atoms. The van der Waals surface area contributed by atoms with Crippen molar-refractivity contribution in [2.24, 2.45) is 4.99 Å². The van der Waals surface area contributed by atoms with Gasteiger partial charge >= 0.3 is 0 Å². The molecular weight excluding hydrogens is 280 g/mol. The van der Waals surface area contributed by atoms with Gasteiger partial charge in [0.05, 0.1) is 0 Å². The van der Waals surface area contributed by atoms with Crippen LogP contribution in [0.1, 0.15) is 83.6 Å². The zero-order valence-electron chi connectivity index (χ0n) is 16.9. The highest BCUT2D eigenvalue weighted by Crippen LogP contribution is 2.33. The Hall–Kier alpha value is -1.31. The molecule has 2 nitrogen and oxygen atoms in total. The molecule has 1 rings (SSSR count). The third-order valence-electron chi connectivity index (χ3n) is 4.12. The summed E-state index contributed by atoms with van der Waals surface area (Å²) in [6, 6.07) is 2.26. The molecule has 0 heterocycles. The third-order valence-corrected chi connectivity index (χ3v) is 4.12. The molecule has 1 aromatic carbocycles. The number of hydrogen-bond acceptors (Lipinski definition) is 2. The van der Waals surface area contributed by atoms with Crippen LogP contribution in [0, 0.1) is 13.8 Å². The maximum atomic E-state index is 6.40. The second-order valence-electron chi connectivity index (χ2n) is 7.16. The topological polar surface area (TPSA) is 38.4 Å². The first-order valence-corrected chi connectivity index (χ1v) is 9.07. The van der Waals surface area contributed by atoms with E-state index < -0.39 is 0 Å². The second kappa shape index (κ2) is 9.75. The molecule has 1 aromatic rings. The van der Waals surface area contributed by atoms with Crippen LogP contribution in [0.25, 0.3) is 0 Å². The highest BCUT2D eigenvalue weighted by molar-refractivity contribution is 5.85. The van der Waals surface area contributed by atoms with Crippen LogP contribution in [0.2, 0.25) is 0 Å². The minimum absolute atomic E-state index is 0.0857. The molecule has 0 amide bonds. The summed E-state index contributed by atoms with van der Waals surface area (Å²) in [6.07, 6.45) is 3.28. The number of nitrogen functional groups attached to an aromatic ring is 1. The molecule has 0 atom stereocenters. The van der Waals surface area contributed by atoms with E-state index in [-0.39, 0.29) is 5.41 Å². The van der Waals surface area contributed by atoms with E-state index in [0.29, 0.717) is 0 Å².